The molecule has 3 aromatic rings. The highest BCUT2D eigenvalue weighted by molar-refractivity contribution is 7.08. The van der Waals surface area contributed by atoms with E-state index in [1.807, 2.05) is 16.8 Å². The highest BCUT2D eigenvalue weighted by Gasteiger charge is 2.13. The number of carboxylic acid groups (broad SMARTS) is 1. The van der Waals surface area contributed by atoms with Crippen LogP contribution in [0.25, 0.3) is 11.1 Å². The van der Waals surface area contributed by atoms with Crippen molar-refractivity contribution < 1.29 is 19.5 Å². The molecule has 1 aromatic heterocycles. The van der Waals surface area contributed by atoms with Crippen molar-refractivity contribution in [3.05, 3.63) is 64.9 Å². The monoisotopic (exact) mass is 424 g/mol. The predicted molar refractivity (Wildman–Crippen MR) is 118 cm³/mol. The number of benzene rings is 2. The number of nitrogens with one attached hydrogen (secondary N) is 4. The molecule has 0 radical (unpaired) electrons. The normalized spacial score (nSPS) is 10.2. The topological polar surface area (TPSA) is 120 Å². The minimum absolute atomic E-state index is 0.127. The van der Waals surface area contributed by atoms with Crippen LogP contribution in [0, 0.1) is 0 Å². The molecule has 0 atom stereocenters. The quantitative estimate of drug-likeness (QED) is 0.394. The Morgan fingerprint density at radius 2 is 1.70 bits per heavy atom. The zero-order chi connectivity index (χ0) is 21.5. The number of carbonyl (C=O) groups is 3. The Morgan fingerprint density at radius 3 is 2.33 bits per heavy atom. The Hall–Kier alpha value is -3.85. The Labute approximate surface area is 176 Å². The van der Waals surface area contributed by atoms with E-state index in [0.29, 0.717) is 16.9 Å². The summed E-state index contributed by atoms with van der Waals surface area (Å²) >= 11 is 1.55. The lowest BCUT2D eigenvalue weighted by Crippen LogP contribution is -2.26. The van der Waals surface area contributed by atoms with Gasteiger partial charge in [-0.05, 0) is 64.4 Å². The summed E-state index contributed by atoms with van der Waals surface area (Å²) < 4.78 is 0. The molecule has 0 spiro atoms. The Kier molecular flexibility index (Phi) is 6.66. The zero-order valence-electron chi connectivity index (χ0n) is 16.1. The minimum Gasteiger partial charge on any atom is -0.465 e. The second-order valence-corrected chi connectivity index (χ2v) is 7.04. The fraction of sp³-hybridized carbons (Fsp3) is 0.0952. The summed E-state index contributed by atoms with van der Waals surface area (Å²) in [6.45, 7) is 0.127. The molecule has 0 saturated carbocycles. The average molecular weight is 424 g/mol. The molecule has 0 bridgehead atoms. The molecule has 2 aromatic carbocycles. The van der Waals surface area contributed by atoms with Crippen molar-refractivity contribution >= 4 is 46.3 Å². The third-order valence-corrected chi connectivity index (χ3v) is 4.93. The van der Waals surface area contributed by atoms with E-state index >= 15 is 0 Å². The highest BCUT2D eigenvalue weighted by atomic mass is 32.1. The van der Waals surface area contributed by atoms with Crippen LogP contribution in [0.4, 0.5) is 21.9 Å². The van der Waals surface area contributed by atoms with Gasteiger partial charge in [-0.15, -0.1) is 0 Å². The van der Waals surface area contributed by atoms with Gasteiger partial charge >= 0.3 is 6.09 Å². The van der Waals surface area contributed by atoms with E-state index in [1.165, 1.54) is 0 Å². The maximum Gasteiger partial charge on any atom is 0.409 e. The second kappa shape index (κ2) is 9.57. The van der Waals surface area contributed by atoms with Gasteiger partial charge in [0.1, 0.15) is 0 Å². The maximum atomic E-state index is 12.7. The first-order valence-corrected chi connectivity index (χ1v) is 9.93. The van der Waals surface area contributed by atoms with Crippen molar-refractivity contribution in [1.29, 1.82) is 0 Å². The molecule has 0 fully saturated rings. The van der Waals surface area contributed by atoms with Crippen LogP contribution in [0.2, 0.25) is 0 Å². The average Bonchev–Trinajstić information content (AvgIpc) is 3.28. The van der Waals surface area contributed by atoms with Crippen molar-refractivity contribution in [2.24, 2.45) is 0 Å². The third kappa shape index (κ3) is 5.36. The van der Waals surface area contributed by atoms with Crippen LogP contribution >= 0.6 is 11.3 Å². The first-order chi connectivity index (χ1) is 14.5. The number of hydrogen-bond donors (Lipinski definition) is 5. The molecule has 9 heteroatoms. The summed E-state index contributed by atoms with van der Waals surface area (Å²) in [5, 5.41) is 23.5. The summed E-state index contributed by atoms with van der Waals surface area (Å²) in [5.41, 5.74) is 3.55. The maximum absolute atomic E-state index is 12.7. The lowest BCUT2D eigenvalue weighted by molar-refractivity contribution is -0.118. The van der Waals surface area contributed by atoms with Crippen LogP contribution in [0.1, 0.15) is 10.4 Å². The summed E-state index contributed by atoms with van der Waals surface area (Å²) in [4.78, 5) is 35.1. The van der Waals surface area contributed by atoms with Gasteiger partial charge in [0.05, 0.1) is 17.9 Å². The number of thiophene rings is 1. The fourth-order valence-electron chi connectivity index (χ4n) is 2.68. The molecule has 1 heterocycles. The SMILES string of the molecule is CNC(=O)CNc1ccc(C(=O)Nc2cc(-c3ccsc3)ccc2NC(=O)O)cc1. The molecule has 0 aliphatic heterocycles. The van der Waals surface area contributed by atoms with Crippen LogP contribution in [-0.2, 0) is 4.79 Å². The van der Waals surface area contributed by atoms with Crippen molar-refractivity contribution in [3.8, 4) is 11.1 Å². The van der Waals surface area contributed by atoms with Gasteiger partial charge < -0.3 is 21.1 Å². The zero-order valence-corrected chi connectivity index (χ0v) is 16.9. The second-order valence-electron chi connectivity index (χ2n) is 6.26. The van der Waals surface area contributed by atoms with Crippen LogP contribution < -0.4 is 21.3 Å². The van der Waals surface area contributed by atoms with Crippen molar-refractivity contribution in [3.63, 3.8) is 0 Å². The van der Waals surface area contributed by atoms with E-state index in [9.17, 15) is 14.4 Å². The van der Waals surface area contributed by atoms with E-state index in [2.05, 4.69) is 21.3 Å². The molecular weight excluding hydrogens is 404 g/mol. The van der Waals surface area contributed by atoms with Crippen LogP contribution in [0.15, 0.2) is 59.3 Å². The van der Waals surface area contributed by atoms with E-state index in [0.717, 1.165) is 11.1 Å². The summed E-state index contributed by atoms with van der Waals surface area (Å²) in [5.74, 6) is -0.537. The number of amides is 3. The fourth-order valence-corrected chi connectivity index (χ4v) is 3.35. The molecule has 30 heavy (non-hydrogen) atoms. The molecule has 0 unspecified atom stereocenters. The van der Waals surface area contributed by atoms with Crippen molar-refractivity contribution in [2.75, 3.05) is 29.5 Å². The highest BCUT2D eigenvalue weighted by Crippen LogP contribution is 2.30. The molecule has 154 valence electrons. The minimum atomic E-state index is -1.22. The van der Waals surface area contributed by atoms with E-state index in [1.54, 1.807) is 60.8 Å². The van der Waals surface area contributed by atoms with Crippen LogP contribution in [0.3, 0.4) is 0 Å². The van der Waals surface area contributed by atoms with Gasteiger partial charge in [0, 0.05) is 18.3 Å². The van der Waals surface area contributed by atoms with Crippen molar-refractivity contribution in [2.45, 2.75) is 0 Å². The molecule has 8 nitrogen and oxygen atoms in total. The molecule has 3 amide bonds. The van der Waals surface area contributed by atoms with Gasteiger partial charge in [-0.3, -0.25) is 14.9 Å². The standard InChI is InChI=1S/C21H20N4O4S/c1-22-19(26)11-23-16-5-2-13(3-6-16)20(27)24-18-10-14(15-8-9-30-12-15)4-7-17(18)25-21(28)29/h2-10,12,23,25H,11H2,1H3,(H,22,26)(H,24,27)(H,28,29). The number of likely N-dealkylation sites (N-methyl/N-ethyl adjacent to an activating group) is 1. The summed E-state index contributed by atoms with van der Waals surface area (Å²) in [7, 11) is 1.55. The Bertz CT molecular complexity index is 1050. The van der Waals surface area contributed by atoms with Gasteiger partial charge in [-0.2, -0.15) is 11.3 Å². The predicted octanol–water partition coefficient (Wildman–Crippen LogP) is 3.92. The Morgan fingerprint density at radius 1 is 0.933 bits per heavy atom. The van der Waals surface area contributed by atoms with Crippen LogP contribution in [-0.4, -0.2) is 36.6 Å². The number of carbonyl (C=O) groups excluding carboxylic acids is 2. The van der Waals surface area contributed by atoms with E-state index in [-0.39, 0.29) is 24.0 Å². The molecule has 0 saturated heterocycles. The van der Waals surface area contributed by atoms with Gasteiger partial charge in [0.2, 0.25) is 5.91 Å². The largest absolute Gasteiger partial charge is 0.465 e. The lowest BCUT2D eigenvalue weighted by Gasteiger charge is -2.13. The van der Waals surface area contributed by atoms with Gasteiger partial charge in [-0.25, -0.2) is 4.79 Å². The van der Waals surface area contributed by atoms with Gasteiger partial charge in [0.15, 0.2) is 0 Å². The molecular formula is C21H20N4O4S. The molecule has 3 rings (SSSR count). The smallest absolute Gasteiger partial charge is 0.409 e. The molecule has 0 aliphatic carbocycles. The summed E-state index contributed by atoms with van der Waals surface area (Å²) in [6, 6.07) is 13.7. The molecule has 0 aliphatic rings. The Balaban J connectivity index is 1.78. The van der Waals surface area contributed by atoms with Gasteiger partial charge in [-0.1, -0.05) is 6.07 Å². The van der Waals surface area contributed by atoms with Crippen LogP contribution in [0.5, 0.6) is 0 Å². The number of hydrogen-bond acceptors (Lipinski definition) is 5. The van der Waals surface area contributed by atoms with E-state index in [4.69, 9.17) is 5.11 Å². The number of anilines is 3. The van der Waals surface area contributed by atoms with Crippen molar-refractivity contribution in [1.82, 2.24) is 5.32 Å². The van der Waals surface area contributed by atoms with E-state index < -0.39 is 6.09 Å². The number of rotatable bonds is 7. The van der Waals surface area contributed by atoms with Gasteiger partial charge in [0.25, 0.3) is 5.91 Å². The summed E-state index contributed by atoms with van der Waals surface area (Å²) in [6.07, 6.45) is -1.22. The third-order valence-electron chi connectivity index (χ3n) is 4.24. The first kappa shape index (κ1) is 20.9. The first-order valence-electron chi connectivity index (χ1n) is 8.98. The lowest BCUT2D eigenvalue weighted by atomic mass is 10.1. The molecule has 5 N–H and O–H groups in total.